The van der Waals surface area contributed by atoms with Crippen molar-refractivity contribution < 1.29 is 9.53 Å². The molecule has 1 heterocycles. The molecule has 0 aliphatic heterocycles. The zero-order chi connectivity index (χ0) is 14.7. The van der Waals surface area contributed by atoms with Gasteiger partial charge >= 0.3 is 0 Å². The van der Waals surface area contributed by atoms with E-state index in [-0.39, 0.29) is 17.9 Å². The third-order valence-electron chi connectivity index (χ3n) is 3.02. The molecule has 0 bridgehead atoms. The molecule has 0 aliphatic rings. The Hall–Kier alpha value is -2.43. The van der Waals surface area contributed by atoms with Gasteiger partial charge in [-0.2, -0.15) is 0 Å². The molecule has 0 fully saturated rings. The molecule has 0 saturated heterocycles. The molecule has 1 aromatic heterocycles. The monoisotopic (exact) mass is 272 g/mol. The van der Waals surface area contributed by atoms with Gasteiger partial charge in [0.1, 0.15) is 11.6 Å². The highest BCUT2D eigenvalue weighted by Crippen LogP contribution is 2.13. The van der Waals surface area contributed by atoms with Crippen LogP contribution in [0.2, 0.25) is 0 Å². The minimum Gasteiger partial charge on any atom is -0.497 e. The summed E-state index contributed by atoms with van der Waals surface area (Å²) in [6.07, 6.45) is 0. The van der Waals surface area contributed by atoms with Crippen molar-refractivity contribution in [3.63, 3.8) is 0 Å². The van der Waals surface area contributed by atoms with Crippen molar-refractivity contribution in [2.45, 2.75) is 20.4 Å². The first-order valence-electron chi connectivity index (χ1n) is 6.23. The highest BCUT2D eigenvalue weighted by molar-refractivity contribution is 5.96. The summed E-state index contributed by atoms with van der Waals surface area (Å²) in [5.41, 5.74) is 0.944. The fourth-order valence-corrected chi connectivity index (χ4v) is 1.99. The number of hydrogen-bond acceptors (Lipinski definition) is 4. The van der Waals surface area contributed by atoms with E-state index in [4.69, 9.17) is 4.74 Å². The Morgan fingerprint density at radius 1 is 1.30 bits per heavy atom. The van der Waals surface area contributed by atoms with Crippen molar-refractivity contribution in [2.24, 2.45) is 0 Å². The van der Waals surface area contributed by atoms with E-state index in [0.717, 1.165) is 0 Å². The molecule has 1 aromatic carbocycles. The van der Waals surface area contributed by atoms with Gasteiger partial charge < -0.3 is 4.74 Å². The van der Waals surface area contributed by atoms with Gasteiger partial charge in [-0.3, -0.25) is 14.2 Å². The smallest absolute Gasteiger partial charge is 0.254 e. The summed E-state index contributed by atoms with van der Waals surface area (Å²) in [4.78, 5) is 28.3. The van der Waals surface area contributed by atoms with Gasteiger partial charge in [0.15, 0.2) is 5.78 Å². The lowest BCUT2D eigenvalue weighted by Gasteiger charge is -2.09. The van der Waals surface area contributed by atoms with E-state index >= 15 is 0 Å². The molecule has 5 heteroatoms. The van der Waals surface area contributed by atoms with Gasteiger partial charge in [-0.05, 0) is 26.0 Å². The minimum absolute atomic E-state index is 0.0227. The van der Waals surface area contributed by atoms with E-state index < -0.39 is 0 Å². The second-order valence-electron chi connectivity index (χ2n) is 4.52. The third-order valence-corrected chi connectivity index (χ3v) is 3.02. The van der Waals surface area contributed by atoms with Gasteiger partial charge in [-0.25, -0.2) is 4.98 Å². The largest absolute Gasteiger partial charge is 0.497 e. The van der Waals surface area contributed by atoms with Crippen LogP contribution in [0.5, 0.6) is 5.75 Å². The minimum atomic E-state index is -0.216. The molecule has 2 rings (SSSR count). The molecule has 0 N–H and O–H groups in total. The van der Waals surface area contributed by atoms with Crippen LogP contribution in [-0.2, 0) is 6.54 Å². The Bertz CT molecular complexity index is 705. The van der Waals surface area contributed by atoms with E-state index in [2.05, 4.69) is 4.98 Å². The number of aryl methyl sites for hydroxylation is 2. The third kappa shape index (κ3) is 2.93. The predicted octanol–water partition coefficient (Wildman–Crippen LogP) is 1.75. The van der Waals surface area contributed by atoms with Crippen molar-refractivity contribution in [1.82, 2.24) is 9.55 Å². The highest BCUT2D eigenvalue weighted by Gasteiger charge is 2.11. The summed E-state index contributed by atoms with van der Waals surface area (Å²) in [5.74, 6) is 0.993. The highest BCUT2D eigenvalue weighted by atomic mass is 16.5. The van der Waals surface area contributed by atoms with E-state index in [9.17, 15) is 9.59 Å². The van der Waals surface area contributed by atoms with Crippen LogP contribution in [0, 0.1) is 13.8 Å². The van der Waals surface area contributed by atoms with Gasteiger partial charge in [0.25, 0.3) is 5.56 Å². The van der Waals surface area contributed by atoms with Crippen molar-refractivity contribution in [2.75, 3.05) is 7.11 Å². The zero-order valence-corrected chi connectivity index (χ0v) is 11.7. The van der Waals surface area contributed by atoms with Gasteiger partial charge in [-0.15, -0.1) is 0 Å². The Kier molecular flexibility index (Phi) is 3.98. The van der Waals surface area contributed by atoms with Gasteiger partial charge in [-0.1, -0.05) is 12.1 Å². The predicted molar refractivity (Wildman–Crippen MR) is 75.3 cm³/mol. The number of benzene rings is 1. The number of nitrogens with zero attached hydrogens (tertiary/aromatic N) is 2. The molecule has 0 radical (unpaired) electrons. The standard InChI is InChI=1S/C15H16N2O3/c1-10-7-15(19)17(11(2)16-10)9-14(18)12-5-4-6-13(8-12)20-3/h4-8H,9H2,1-3H3. The van der Waals surface area contributed by atoms with Crippen LogP contribution in [0.4, 0.5) is 0 Å². The van der Waals surface area contributed by atoms with Crippen LogP contribution >= 0.6 is 0 Å². The lowest BCUT2D eigenvalue weighted by molar-refractivity contribution is 0.0969. The van der Waals surface area contributed by atoms with E-state index in [1.807, 2.05) is 0 Å². The van der Waals surface area contributed by atoms with Crippen LogP contribution in [-0.4, -0.2) is 22.4 Å². The summed E-state index contributed by atoms with van der Waals surface area (Å²) >= 11 is 0. The summed E-state index contributed by atoms with van der Waals surface area (Å²) in [7, 11) is 1.54. The quantitative estimate of drug-likeness (QED) is 0.796. The molecule has 0 saturated carbocycles. The lowest BCUT2D eigenvalue weighted by atomic mass is 10.1. The number of ketones is 1. The van der Waals surface area contributed by atoms with E-state index in [0.29, 0.717) is 22.8 Å². The SMILES string of the molecule is COc1cccc(C(=O)Cn2c(C)nc(C)cc2=O)c1. The van der Waals surface area contributed by atoms with E-state index in [1.165, 1.54) is 10.6 Å². The second kappa shape index (κ2) is 5.69. The summed E-state index contributed by atoms with van der Waals surface area (Å²) < 4.78 is 6.46. The average Bonchev–Trinajstić information content (AvgIpc) is 2.42. The van der Waals surface area contributed by atoms with Crippen molar-refractivity contribution in [3.8, 4) is 5.75 Å². The van der Waals surface area contributed by atoms with Gasteiger partial charge in [0.05, 0.1) is 13.7 Å². The number of rotatable bonds is 4. The number of methoxy groups -OCH3 is 1. The zero-order valence-electron chi connectivity index (χ0n) is 11.7. The van der Waals surface area contributed by atoms with E-state index in [1.54, 1.807) is 45.2 Å². The number of Topliss-reactive ketones (excluding diaryl/α,β-unsaturated/α-hetero) is 1. The summed E-state index contributed by atoms with van der Waals surface area (Å²) in [6.45, 7) is 3.45. The number of carbonyl (C=O) groups excluding carboxylic acids is 1. The summed E-state index contributed by atoms with van der Waals surface area (Å²) in [6, 6.07) is 8.29. The van der Waals surface area contributed by atoms with Crippen molar-refractivity contribution in [1.29, 1.82) is 0 Å². The Balaban J connectivity index is 2.30. The van der Waals surface area contributed by atoms with Crippen LogP contribution in [0.15, 0.2) is 35.1 Å². The fraction of sp³-hybridized carbons (Fsp3) is 0.267. The first-order valence-corrected chi connectivity index (χ1v) is 6.23. The topological polar surface area (TPSA) is 61.2 Å². The maximum absolute atomic E-state index is 12.2. The maximum atomic E-state index is 12.2. The lowest BCUT2D eigenvalue weighted by Crippen LogP contribution is -2.27. The normalized spacial score (nSPS) is 10.3. The molecular weight excluding hydrogens is 256 g/mol. The maximum Gasteiger partial charge on any atom is 0.254 e. The first kappa shape index (κ1) is 14.0. The molecule has 0 amide bonds. The number of carbonyl (C=O) groups is 1. The second-order valence-corrected chi connectivity index (χ2v) is 4.52. The van der Waals surface area contributed by atoms with Crippen LogP contribution in [0.25, 0.3) is 0 Å². The molecule has 0 aliphatic carbocycles. The molecule has 0 spiro atoms. The number of ether oxygens (including phenoxy) is 1. The molecular formula is C15H16N2O3. The van der Waals surface area contributed by atoms with Gasteiger partial charge in [0.2, 0.25) is 0 Å². The van der Waals surface area contributed by atoms with Crippen LogP contribution in [0.3, 0.4) is 0 Å². The first-order chi connectivity index (χ1) is 9.51. The molecule has 5 nitrogen and oxygen atoms in total. The molecule has 2 aromatic rings. The summed E-state index contributed by atoms with van der Waals surface area (Å²) in [5, 5.41) is 0. The average molecular weight is 272 g/mol. The Labute approximate surface area is 116 Å². The van der Waals surface area contributed by atoms with Crippen molar-refractivity contribution in [3.05, 3.63) is 57.8 Å². The Morgan fingerprint density at radius 3 is 2.70 bits per heavy atom. The molecule has 0 unspecified atom stereocenters. The van der Waals surface area contributed by atoms with Crippen LogP contribution < -0.4 is 10.3 Å². The van der Waals surface area contributed by atoms with Gasteiger partial charge in [0, 0.05) is 17.3 Å². The molecule has 0 atom stereocenters. The number of hydrogen-bond donors (Lipinski definition) is 0. The van der Waals surface area contributed by atoms with Crippen molar-refractivity contribution >= 4 is 5.78 Å². The van der Waals surface area contributed by atoms with Crippen LogP contribution in [0.1, 0.15) is 21.9 Å². The molecule has 104 valence electrons. The Morgan fingerprint density at radius 2 is 2.05 bits per heavy atom. The molecule has 20 heavy (non-hydrogen) atoms. The number of aromatic nitrogens is 2. The fourth-order valence-electron chi connectivity index (χ4n) is 1.99.